The molecule has 4 rings (SSSR count). The molecule has 2 aromatic rings. The number of pyridine rings is 1. The summed E-state index contributed by atoms with van der Waals surface area (Å²) in [6.45, 7) is 5.24. The van der Waals surface area contributed by atoms with Crippen LogP contribution in [0.3, 0.4) is 0 Å². The van der Waals surface area contributed by atoms with Crippen molar-refractivity contribution in [1.29, 1.82) is 0 Å². The second kappa shape index (κ2) is 11.2. The van der Waals surface area contributed by atoms with Crippen molar-refractivity contribution in [3.63, 3.8) is 0 Å². The van der Waals surface area contributed by atoms with E-state index in [0.717, 1.165) is 32.6 Å². The van der Waals surface area contributed by atoms with Crippen molar-refractivity contribution in [3.05, 3.63) is 52.1 Å². The number of aromatic nitrogens is 1. The quantitative estimate of drug-likeness (QED) is 0.682. The zero-order chi connectivity index (χ0) is 23.2. The van der Waals surface area contributed by atoms with Crippen molar-refractivity contribution in [2.75, 3.05) is 56.0 Å². The van der Waals surface area contributed by atoms with Gasteiger partial charge in [-0.3, -0.25) is 14.5 Å². The molecule has 2 aliphatic heterocycles. The van der Waals surface area contributed by atoms with Crippen molar-refractivity contribution in [3.8, 4) is 0 Å². The number of likely N-dealkylation sites (tertiary alicyclic amines) is 1. The summed E-state index contributed by atoms with van der Waals surface area (Å²) in [5.41, 5.74) is 0.999. The minimum absolute atomic E-state index is 0.192. The van der Waals surface area contributed by atoms with Crippen molar-refractivity contribution in [1.82, 2.24) is 14.8 Å². The molecule has 2 fully saturated rings. The Morgan fingerprint density at radius 2 is 1.73 bits per heavy atom. The van der Waals surface area contributed by atoms with Gasteiger partial charge in [0.05, 0.1) is 17.3 Å². The molecule has 9 heteroatoms. The maximum absolute atomic E-state index is 12.9. The lowest BCUT2D eigenvalue weighted by atomic mass is 10.1. The minimum Gasteiger partial charge on any atom is -0.353 e. The highest BCUT2D eigenvalue weighted by Crippen LogP contribution is 2.28. The third kappa shape index (κ3) is 6.37. The number of carbonyl (C=O) groups is 2. The number of piperidine rings is 1. The number of anilines is 2. The van der Waals surface area contributed by atoms with Crippen molar-refractivity contribution >= 4 is 46.5 Å². The molecule has 0 radical (unpaired) electrons. The van der Waals surface area contributed by atoms with Crippen LogP contribution in [0.1, 0.15) is 36.0 Å². The number of halogens is 2. The van der Waals surface area contributed by atoms with Gasteiger partial charge in [0.2, 0.25) is 5.91 Å². The molecule has 2 amide bonds. The summed E-state index contributed by atoms with van der Waals surface area (Å²) >= 11 is 12.2. The van der Waals surface area contributed by atoms with Gasteiger partial charge in [-0.15, -0.1) is 0 Å². The lowest BCUT2D eigenvalue weighted by Crippen LogP contribution is -2.43. The molecule has 33 heavy (non-hydrogen) atoms. The van der Waals surface area contributed by atoms with Gasteiger partial charge in [0.25, 0.3) is 5.91 Å². The van der Waals surface area contributed by atoms with E-state index in [9.17, 15) is 9.59 Å². The van der Waals surface area contributed by atoms with Gasteiger partial charge in [-0.05, 0) is 56.6 Å². The molecule has 2 aliphatic rings. The van der Waals surface area contributed by atoms with Crippen LogP contribution in [0, 0.1) is 0 Å². The highest BCUT2D eigenvalue weighted by molar-refractivity contribution is 6.31. The molecule has 3 heterocycles. The van der Waals surface area contributed by atoms with Gasteiger partial charge in [-0.25, -0.2) is 4.98 Å². The van der Waals surface area contributed by atoms with Crippen molar-refractivity contribution in [2.24, 2.45) is 0 Å². The van der Waals surface area contributed by atoms with Crippen LogP contribution in [-0.4, -0.2) is 72.4 Å². The van der Waals surface area contributed by atoms with Crippen molar-refractivity contribution < 1.29 is 9.59 Å². The molecule has 0 unspecified atom stereocenters. The molecule has 1 N–H and O–H groups in total. The van der Waals surface area contributed by atoms with Crippen LogP contribution in [0.4, 0.5) is 11.5 Å². The fourth-order valence-corrected chi connectivity index (χ4v) is 4.74. The van der Waals surface area contributed by atoms with E-state index < -0.39 is 0 Å². The standard InChI is InChI=1S/C24H29Cl2N5O2/c25-19-7-4-6-18(14-19)24(33)28-21-15-20(26)16-27-23(21)31-11-5-10-30(12-13-31)22(32)17-29-8-2-1-3-9-29/h4,6-7,14-16H,1-3,5,8-13,17H2,(H,28,33). The molecule has 7 nitrogen and oxygen atoms in total. The Labute approximate surface area is 204 Å². The molecule has 1 aromatic heterocycles. The van der Waals surface area contributed by atoms with Gasteiger partial charge in [0, 0.05) is 43.0 Å². The number of carbonyl (C=O) groups excluding carboxylic acids is 2. The van der Waals surface area contributed by atoms with Crippen LogP contribution in [0.15, 0.2) is 36.5 Å². The molecule has 0 atom stereocenters. The molecule has 1 aromatic carbocycles. The Morgan fingerprint density at radius 3 is 2.52 bits per heavy atom. The van der Waals surface area contributed by atoms with E-state index in [2.05, 4.69) is 20.1 Å². The number of nitrogens with zero attached hydrogens (tertiary/aromatic N) is 4. The Morgan fingerprint density at radius 1 is 0.909 bits per heavy atom. The summed E-state index contributed by atoms with van der Waals surface area (Å²) in [5, 5.41) is 3.86. The van der Waals surface area contributed by atoms with Crippen LogP contribution in [0.5, 0.6) is 0 Å². The Hall–Kier alpha value is -2.35. The van der Waals surface area contributed by atoms with E-state index in [1.165, 1.54) is 19.3 Å². The minimum atomic E-state index is -0.282. The average molecular weight is 490 g/mol. The average Bonchev–Trinajstić information content (AvgIpc) is 3.06. The van der Waals surface area contributed by atoms with Crippen LogP contribution < -0.4 is 10.2 Å². The maximum Gasteiger partial charge on any atom is 0.255 e. The number of amides is 2. The summed E-state index contributed by atoms with van der Waals surface area (Å²) in [7, 11) is 0. The number of hydrogen-bond donors (Lipinski definition) is 1. The topological polar surface area (TPSA) is 68.8 Å². The Bertz CT molecular complexity index is 997. The number of hydrogen-bond acceptors (Lipinski definition) is 5. The molecule has 0 aliphatic carbocycles. The third-order valence-corrected chi connectivity index (χ3v) is 6.57. The highest BCUT2D eigenvalue weighted by atomic mass is 35.5. The normalized spacial score (nSPS) is 17.5. The second-order valence-corrected chi connectivity index (χ2v) is 9.42. The fraction of sp³-hybridized carbons (Fsp3) is 0.458. The van der Waals surface area contributed by atoms with E-state index in [-0.39, 0.29) is 11.8 Å². The zero-order valence-electron chi connectivity index (χ0n) is 18.6. The first-order chi connectivity index (χ1) is 16.0. The Kier molecular flexibility index (Phi) is 8.06. The third-order valence-electron chi connectivity index (χ3n) is 6.12. The summed E-state index contributed by atoms with van der Waals surface area (Å²) in [4.78, 5) is 36.5. The van der Waals surface area contributed by atoms with Gasteiger partial charge < -0.3 is 15.1 Å². The summed E-state index contributed by atoms with van der Waals surface area (Å²) in [6, 6.07) is 8.48. The molecule has 0 saturated carbocycles. The van der Waals surface area contributed by atoms with Gasteiger partial charge in [-0.2, -0.15) is 0 Å². The lowest BCUT2D eigenvalue weighted by Gasteiger charge is -2.29. The number of rotatable bonds is 5. The fourth-order valence-electron chi connectivity index (χ4n) is 4.39. The molecular weight excluding hydrogens is 461 g/mol. The van der Waals surface area contributed by atoms with Crippen LogP contribution in [-0.2, 0) is 4.79 Å². The highest BCUT2D eigenvalue weighted by Gasteiger charge is 2.24. The largest absolute Gasteiger partial charge is 0.353 e. The predicted molar refractivity (Wildman–Crippen MR) is 132 cm³/mol. The molecule has 2 saturated heterocycles. The molecule has 176 valence electrons. The van der Waals surface area contributed by atoms with Crippen molar-refractivity contribution in [2.45, 2.75) is 25.7 Å². The first-order valence-electron chi connectivity index (χ1n) is 11.5. The molecule has 0 spiro atoms. The van der Waals surface area contributed by atoms with E-state index in [0.29, 0.717) is 46.7 Å². The second-order valence-electron chi connectivity index (χ2n) is 8.55. The Balaban J connectivity index is 1.43. The first kappa shape index (κ1) is 23.8. The predicted octanol–water partition coefficient (Wildman–Crippen LogP) is 4.17. The SMILES string of the molecule is O=C(Nc1cc(Cl)cnc1N1CCCN(C(=O)CN2CCCCC2)CC1)c1cccc(Cl)c1. The van der Waals surface area contributed by atoms with E-state index in [1.54, 1.807) is 36.5 Å². The number of nitrogens with one attached hydrogen (secondary N) is 1. The summed E-state index contributed by atoms with van der Waals surface area (Å²) < 4.78 is 0. The summed E-state index contributed by atoms with van der Waals surface area (Å²) in [5.74, 6) is 0.563. The maximum atomic E-state index is 12.9. The van der Waals surface area contributed by atoms with Gasteiger partial charge >= 0.3 is 0 Å². The van der Waals surface area contributed by atoms with E-state index in [1.807, 2.05) is 4.90 Å². The van der Waals surface area contributed by atoms with Crippen LogP contribution >= 0.6 is 23.2 Å². The molecule has 0 bridgehead atoms. The smallest absolute Gasteiger partial charge is 0.255 e. The van der Waals surface area contributed by atoms with Crippen LogP contribution in [0.25, 0.3) is 0 Å². The van der Waals surface area contributed by atoms with E-state index in [4.69, 9.17) is 23.2 Å². The van der Waals surface area contributed by atoms with Crippen LogP contribution in [0.2, 0.25) is 10.0 Å². The van der Waals surface area contributed by atoms with Gasteiger partial charge in [0.1, 0.15) is 0 Å². The van der Waals surface area contributed by atoms with Gasteiger partial charge in [0.15, 0.2) is 5.82 Å². The number of benzene rings is 1. The van der Waals surface area contributed by atoms with Gasteiger partial charge in [-0.1, -0.05) is 35.7 Å². The lowest BCUT2D eigenvalue weighted by molar-refractivity contribution is -0.132. The monoisotopic (exact) mass is 489 g/mol. The van der Waals surface area contributed by atoms with E-state index >= 15 is 0 Å². The zero-order valence-corrected chi connectivity index (χ0v) is 20.1. The molecular formula is C24H29Cl2N5O2. The first-order valence-corrected chi connectivity index (χ1v) is 12.2. The summed E-state index contributed by atoms with van der Waals surface area (Å²) in [6.07, 6.45) is 6.02.